The van der Waals surface area contributed by atoms with E-state index < -0.39 is 15.6 Å². The molecular formula is C18H27N3O4S. The molecule has 0 bridgehead atoms. The molecule has 0 aromatic heterocycles. The number of nitrogens with one attached hydrogen (secondary N) is 1. The zero-order valence-corrected chi connectivity index (χ0v) is 16.3. The van der Waals surface area contributed by atoms with Crippen LogP contribution in [0.4, 0.5) is 0 Å². The first kappa shape index (κ1) is 19.3. The minimum Gasteiger partial charge on any atom is -0.389 e. The molecule has 2 aliphatic heterocycles. The Kier molecular flexibility index (Phi) is 5.13. The standard InChI is InChI=1S/C18H27N3O4S/c1-13-11-21(9-8-20(13)12-18(2,3)23)26(24,25)15-5-4-14-6-7-19-17(22)16(14)10-15/h4-5,10,13,23H,6-9,11-12H2,1-3H3,(H,19,22). The molecule has 1 unspecified atom stereocenters. The molecule has 0 saturated carbocycles. The van der Waals surface area contributed by atoms with Gasteiger partial charge in [0.1, 0.15) is 0 Å². The first-order valence-corrected chi connectivity index (χ1v) is 10.4. The molecule has 0 spiro atoms. The van der Waals surface area contributed by atoms with Crippen molar-refractivity contribution in [2.75, 3.05) is 32.7 Å². The van der Waals surface area contributed by atoms with Gasteiger partial charge < -0.3 is 10.4 Å². The quantitative estimate of drug-likeness (QED) is 0.790. The van der Waals surface area contributed by atoms with Crippen molar-refractivity contribution < 1.29 is 18.3 Å². The average molecular weight is 381 g/mol. The van der Waals surface area contributed by atoms with Gasteiger partial charge in [-0.1, -0.05) is 6.07 Å². The summed E-state index contributed by atoms with van der Waals surface area (Å²) in [6.45, 7) is 7.85. The normalized spacial score (nSPS) is 22.8. The van der Waals surface area contributed by atoms with E-state index in [-0.39, 0.29) is 16.8 Å². The smallest absolute Gasteiger partial charge is 0.251 e. The minimum absolute atomic E-state index is 0.00544. The molecule has 1 fully saturated rings. The summed E-state index contributed by atoms with van der Waals surface area (Å²) in [5.74, 6) is -0.216. The van der Waals surface area contributed by atoms with Crippen LogP contribution in [0.1, 0.15) is 36.7 Å². The van der Waals surface area contributed by atoms with Crippen LogP contribution in [0.5, 0.6) is 0 Å². The van der Waals surface area contributed by atoms with Crippen LogP contribution in [-0.2, 0) is 16.4 Å². The van der Waals surface area contributed by atoms with Gasteiger partial charge in [-0.2, -0.15) is 4.31 Å². The van der Waals surface area contributed by atoms with Gasteiger partial charge in [0.05, 0.1) is 10.5 Å². The maximum Gasteiger partial charge on any atom is 0.251 e. The van der Waals surface area contributed by atoms with E-state index in [2.05, 4.69) is 10.2 Å². The first-order chi connectivity index (χ1) is 12.1. The largest absolute Gasteiger partial charge is 0.389 e. The number of carbonyl (C=O) groups is 1. The van der Waals surface area contributed by atoms with Crippen molar-refractivity contribution in [3.63, 3.8) is 0 Å². The number of aliphatic hydroxyl groups is 1. The number of rotatable bonds is 4. The van der Waals surface area contributed by atoms with Crippen LogP contribution in [0.3, 0.4) is 0 Å². The molecule has 2 N–H and O–H groups in total. The fourth-order valence-corrected chi connectivity index (χ4v) is 5.15. The fourth-order valence-electron chi connectivity index (χ4n) is 3.61. The highest BCUT2D eigenvalue weighted by atomic mass is 32.2. The van der Waals surface area contributed by atoms with Crippen molar-refractivity contribution in [1.82, 2.24) is 14.5 Å². The molecule has 26 heavy (non-hydrogen) atoms. The molecule has 0 radical (unpaired) electrons. The summed E-state index contributed by atoms with van der Waals surface area (Å²) in [6, 6.07) is 4.84. The number of sulfonamides is 1. The lowest BCUT2D eigenvalue weighted by molar-refractivity contribution is 0.00798. The van der Waals surface area contributed by atoms with Crippen LogP contribution in [-0.4, -0.2) is 73.0 Å². The van der Waals surface area contributed by atoms with E-state index in [0.717, 1.165) is 5.56 Å². The van der Waals surface area contributed by atoms with Gasteiger partial charge in [0.15, 0.2) is 0 Å². The Labute approximate surface area is 155 Å². The molecule has 3 rings (SSSR count). The van der Waals surface area contributed by atoms with Gasteiger partial charge in [0, 0.05) is 44.3 Å². The minimum atomic E-state index is -3.65. The number of hydrogen-bond acceptors (Lipinski definition) is 5. The summed E-state index contributed by atoms with van der Waals surface area (Å²) in [5.41, 5.74) is 0.517. The van der Waals surface area contributed by atoms with Crippen molar-refractivity contribution in [3.05, 3.63) is 29.3 Å². The predicted octanol–water partition coefficient (Wildman–Crippen LogP) is 0.438. The van der Waals surface area contributed by atoms with Gasteiger partial charge in [0.25, 0.3) is 5.91 Å². The summed E-state index contributed by atoms with van der Waals surface area (Å²) in [7, 11) is -3.65. The van der Waals surface area contributed by atoms with Gasteiger partial charge in [-0.05, 0) is 44.9 Å². The van der Waals surface area contributed by atoms with E-state index in [4.69, 9.17) is 0 Å². The second kappa shape index (κ2) is 6.92. The van der Waals surface area contributed by atoms with Crippen LogP contribution in [0, 0.1) is 0 Å². The van der Waals surface area contributed by atoms with Crippen molar-refractivity contribution in [1.29, 1.82) is 0 Å². The van der Waals surface area contributed by atoms with Gasteiger partial charge >= 0.3 is 0 Å². The highest BCUT2D eigenvalue weighted by Gasteiger charge is 2.34. The zero-order valence-electron chi connectivity index (χ0n) is 15.5. The molecule has 7 nitrogen and oxygen atoms in total. The van der Waals surface area contributed by atoms with E-state index in [1.807, 2.05) is 6.92 Å². The third kappa shape index (κ3) is 3.93. The Bertz CT molecular complexity index is 801. The second-order valence-electron chi connectivity index (χ2n) is 7.82. The molecule has 1 aromatic carbocycles. The highest BCUT2D eigenvalue weighted by Crippen LogP contribution is 2.24. The molecule has 2 heterocycles. The summed E-state index contributed by atoms with van der Waals surface area (Å²) < 4.78 is 27.6. The van der Waals surface area contributed by atoms with Crippen LogP contribution in [0.2, 0.25) is 0 Å². The van der Waals surface area contributed by atoms with Gasteiger partial charge in [-0.15, -0.1) is 0 Å². The molecular weight excluding hydrogens is 354 g/mol. The lowest BCUT2D eigenvalue weighted by Gasteiger charge is -2.41. The number of amides is 1. The predicted molar refractivity (Wildman–Crippen MR) is 98.6 cm³/mol. The van der Waals surface area contributed by atoms with Crippen molar-refractivity contribution >= 4 is 15.9 Å². The number of benzene rings is 1. The maximum atomic E-state index is 13.0. The Morgan fingerprint density at radius 3 is 2.69 bits per heavy atom. The lowest BCUT2D eigenvalue weighted by atomic mass is 10.0. The highest BCUT2D eigenvalue weighted by molar-refractivity contribution is 7.89. The Morgan fingerprint density at radius 1 is 1.31 bits per heavy atom. The maximum absolute atomic E-state index is 13.0. The molecule has 1 atom stereocenters. The molecule has 1 saturated heterocycles. The van der Waals surface area contributed by atoms with Crippen LogP contribution < -0.4 is 5.32 Å². The monoisotopic (exact) mass is 381 g/mol. The number of β-amino-alcohol motifs (C(OH)–C–C–N with tert-alkyl or cyclic N) is 1. The SMILES string of the molecule is CC1CN(S(=O)(=O)c2ccc3c(c2)C(=O)NCC3)CCN1CC(C)(C)O. The fraction of sp³-hybridized carbons (Fsp3) is 0.611. The number of fused-ring (bicyclic) bond motifs is 1. The number of carbonyl (C=O) groups excluding carboxylic acids is 1. The number of nitrogens with zero attached hydrogens (tertiary/aromatic N) is 2. The molecule has 1 amide bonds. The summed E-state index contributed by atoms with van der Waals surface area (Å²) in [4.78, 5) is 14.3. The third-order valence-electron chi connectivity index (χ3n) is 4.96. The second-order valence-corrected chi connectivity index (χ2v) is 9.76. The Morgan fingerprint density at radius 2 is 2.04 bits per heavy atom. The summed E-state index contributed by atoms with van der Waals surface area (Å²) >= 11 is 0. The molecule has 144 valence electrons. The van der Waals surface area contributed by atoms with E-state index in [1.165, 1.54) is 10.4 Å². The average Bonchev–Trinajstić information content (AvgIpc) is 2.55. The summed E-state index contributed by atoms with van der Waals surface area (Å²) in [5, 5.41) is 12.8. The van der Waals surface area contributed by atoms with E-state index in [0.29, 0.717) is 44.7 Å². The lowest BCUT2D eigenvalue weighted by Crippen LogP contribution is -2.56. The van der Waals surface area contributed by atoms with Gasteiger partial charge in [-0.3, -0.25) is 9.69 Å². The van der Waals surface area contributed by atoms with Crippen LogP contribution in [0.15, 0.2) is 23.1 Å². The van der Waals surface area contributed by atoms with Crippen molar-refractivity contribution in [2.45, 2.75) is 43.7 Å². The third-order valence-corrected chi connectivity index (χ3v) is 6.82. The van der Waals surface area contributed by atoms with Gasteiger partial charge in [-0.25, -0.2) is 8.42 Å². The van der Waals surface area contributed by atoms with E-state index in [9.17, 15) is 18.3 Å². The molecule has 2 aliphatic rings. The van der Waals surface area contributed by atoms with Gasteiger partial charge in [0.2, 0.25) is 10.0 Å². The van der Waals surface area contributed by atoms with Crippen molar-refractivity contribution in [2.24, 2.45) is 0 Å². The summed E-state index contributed by atoms with van der Waals surface area (Å²) in [6.07, 6.45) is 0.716. The molecule has 1 aromatic rings. The zero-order chi connectivity index (χ0) is 19.1. The van der Waals surface area contributed by atoms with E-state index >= 15 is 0 Å². The van der Waals surface area contributed by atoms with Crippen LogP contribution in [0.25, 0.3) is 0 Å². The van der Waals surface area contributed by atoms with E-state index in [1.54, 1.807) is 26.0 Å². The van der Waals surface area contributed by atoms with Crippen molar-refractivity contribution in [3.8, 4) is 0 Å². The first-order valence-electron chi connectivity index (χ1n) is 8.96. The van der Waals surface area contributed by atoms with Crippen LogP contribution >= 0.6 is 0 Å². The molecule has 0 aliphatic carbocycles. The number of hydrogen-bond donors (Lipinski definition) is 2. The Hall–Kier alpha value is -1.48. The number of piperazine rings is 1. The topological polar surface area (TPSA) is 90.0 Å². The molecule has 8 heteroatoms. The Balaban J connectivity index is 1.79.